The molecule has 0 aromatic carbocycles. The van der Waals surface area contributed by atoms with Gasteiger partial charge in [0.15, 0.2) is 0 Å². The number of hydrogen-bond donors (Lipinski definition) is 3. The zero-order valence-corrected chi connectivity index (χ0v) is 5.17. The van der Waals surface area contributed by atoms with Crippen molar-refractivity contribution in [3.8, 4) is 0 Å². The molecular weight excluding hydrogens is 96.3 g/mol. The fraction of sp³-hybridized carbons (Fsp3) is 1.00. The maximum Gasteiger partial charge on any atom is 2.00 e. The first-order valence-electron chi connectivity index (χ1n) is 1.08. The van der Waals surface area contributed by atoms with Crippen molar-refractivity contribution in [1.29, 1.82) is 0 Å². The van der Waals surface area contributed by atoms with Crippen LogP contribution in [0.25, 0.3) is 0 Å². The first-order valence-corrected chi connectivity index (χ1v) is 1.08. The van der Waals surface area contributed by atoms with E-state index in [2.05, 4.69) is 0 Å². The maximum atomic E-state index is 7.12. The Balaban J connectivity index is -0.00000000567. The first kappa shape index (κ1) is 15.9. The van der Waals surface area contributed by atoms with E-state index in [9.17, 15) is 0 Å². The summed E-state index contributed by atoms with van der Waals surface area (Å²) >= 11 is 0. The third-order valence-corrected chi connectivity index (χ3v) is 0. The fourth-order valence-electron chi connectivity index (χ4n) is 0. The van der Waals surface area contributed by atoms with E-state index in [0.29, 0.717) is 0 Å². The van der Waals surface area contributed by atoms with Gasteiger partial charge in [-0.2, -0.15) is 0 Å². The van der Waals surface area contributed by atoms with Gasteiger partial charge < -0.3 is 18.2 Å². The molecule has 6 heavy (non-hydrogen) atoms. The molecule has 0 unspecified atom stereocenters. The van der Waals surface area contributed by atoms with Crippen LogP contribution in [0.4, 0.5) is 0 Å². The van der Waals surface area contributed by atoms with Gasteiger partial charge in [0, 0.05) is 7.11 Å². The van der Waals surface area contributed by atoms with Crippen molar-refractivity contribution in [2.75, 3.05) is 13.9 Å². The molecule has 0 aromatic heterocycles. The quantitative estimate of drug-likeness (QED) is 0.257. The van der Waals surface area contributed by atoms with Gasteiger partial charge in [0.1, 0.15) is 6.79 Å². The molecule has 0 aliphatic carbocycles. The average Bonchev–Trinajstić information content (AvgIpc) is 1.46. The molecule has 3 N–H and O–H groups in total. The molecule has 0 aliphatic rings. The van der Waals surface area contributed by atoms with Gasteiger partial charge in [-0.25, -0.2) is 0 Å². The smallest absolute Gasteiger partial charge is 1.00 e. The Kier molecular flexibility index (Phi) is 119. The molecule has 38 valence electrons. The largest absolute Gasteiger partial charge is 2.00 e. The monoisotopic (exact) mass is 106 g/mol. The minimum Gasteiger partial charge on any atom is -1.00 e. The summed E-state index contributed by atoms with van der Waals surface area (Å²) in [6.07, 6.45) is 0. The molecule has 0 atom stereocenters. The van der Waals surface area contributed by atoms with E-state index in [1.165, 1.54) is 0 Å². The van der Waals surface area contributed by atoms with Gasteiger partial charge in [-0.05, 0) is 0 Å². The predicted molar refractivity (Wildman–Crippen MR) is 25.4 cm³/mol. The first-order chi connectivity index (χ1) is 2.41. The molecule has 3 nitrogen and oxygen atoms in total. The Labute approximate surface area is 55.7 Å². The summed E-state index contributed by atoms with van der Waals surface area (Å²) < 4.78 is 0. The summed E-state index contributed by atoms with van der Waals surface area (Å²) in [7, 11) is 1.00. The molecule has 0 heterocycles. The van der Waals surface area contributed by atoms with Crippen molar-refractivity contribution >= 4 is 23.1 Å². The number of hydrogen-bond acceptors (Lipinski definition) is 3. The Morgan fingerprint density at radius 2 is 1.33 bits per heavy atom. The fourth-order valence-corrected chi connectivity index (χ4v) is 0. The van der Waals surface area contributed by atoms with E-state index in [1.54, 1.807) is 0 Å². The molecular formula is C2H10MgO3. The predicted octanol–water partition coefficient (Wildman–Crippen LogP) is -1.62. The van der Waals surface area contributed by atoms with Crippen molar-refractivity contribution in [3.63, 3.8) is 0 Å². The van der Waals surface area contributed by atoms with Gasteiger partial charge in [0.05, 0.1) is 0 Å². The van der Waals surface area contributed by atoms with Crippen LogP contribution < -0.4 is 0 Å². The molecule has 0 rings (SSSR count). The van der Waals surface area contributed by atoms with E-state index in [0.717, 1.165) is 7.11 Å². The SMILES string of the molecule is CO.OCO.[H-].[H-].[Mg+2]. The van der Waals surface area contributed by atoms with E-state index in [1.807, 2.05) is 0 Å². The van der Waals surface area contributed by atoms with Crippen LogP contribution in [-0.4, -0.2) is 52.3 Å². The molecule has 0 bridgehead atoms. The van der Waals surface area contributed by atoms with Crippen molar-refractivity contribution in [2.45, 2.75) is 0 Å². The summed E-state index contributed by atoms with van der Waals surface area (Å²) in [6.45, 7) is -0.750. The second-order valence-corrected chi connectivity index (χ2v) is 0.141. The molecule has 4 heteroatoms. The minimum absolute atomic E-state index is 0. The van der Waals surface area contributed by atoms with Crippen LogP contribution >= 0.6 is 0 Å². The van der Waals surface area contributed by atoms with Gasteiger partial charge in [0.25, 0.3) is 0 Å². The van der Waals surface area contributed by atoms with Crippen LogP contribution in [0, 0.1) is 0 Å². The molecule has 0 spiro atoms. The molecule has 0 amide bonds. The average molecular weight is 106 g/mol. The van der Waals surface area contributed by atoms with Crippen LogP contribution in [0.15, 0.2) is 0 Å². The third kappa shape index (κ3) is 148. The molecule has 0 saturated carbocycles. The minimum atomic E-state index is -0.750. The number of rotatable bonds is 0. The van der Waals surface area contributed by atoms with E-state index in [4.69, 9.17) is 15.3 Å². The summed E-state index contributed by atoms with van der Waals surface area (Å²) in [5.74, 6) is 0. The zero-order chi connectivity index (χ0) is 4.71. The van der Waals surface area contributed by atoms with Crippen molar-refractivity contribution in [3.05, 3.63) is 0 Å². The molecule has 0 radical (unpaired) electrons. The molecule has 0 aromatic rings. The Morgan fingerprint density at radius 1 is 1.33 bits per heavy atom. The van der Waals surface area contributed by atoms with Gasteiger partial charge in [-0.3, -0.25) is 0 Å². The van der Waals surface area contributed by atoms with E-state index < -0.39 is 6.79 Å². The maximum absolute atomic E-state index is 7.12. The van der Waals surface area contributed by atoms with Crippen molar-refractivity contribution in [2.24, 2.45) is 0 Å². The Morgan fingerprint density at radius 3 is 1.33 bits per heavy atom. The summed E-state index contributed by atoms with van der Waals surface area (Å²) in [5.41, 5.74) is 0. The van der Waals surface area contributed by atoms with Gasteiger partial charge in [0.2, 0.25) is 0 Å². The Bertz CT molecular complexity index is 15.2. The topological polar surface area (TPSA) is 60.7 Å². The van der Waals surface area contributed by atoms with E-state index in [-0.39, 0.29) is 25.9 Å². The number of aliphatic hydroxyl groups excluding tert-OH is 2. The summed E-state index contributed by atoms with van der Waals surface area (Å²) in [4.78, 5) is 0. The van der Waals surface area contributed by atoms with Crippen molar-refractivity contribution < 1.29 is 18.2 Å². The van der Waals surface area contributed by atoms with Gasteiger partial charge >= 0.3 is 23.1 Å². The van der Waals surface area contributed by atoms with E-state index >= 15 is 0 Å². The molecule has 0 fully saturated rings. The Hall–Kier alpha value is 0.646. The van der Waals surface area contributed by atoms with Crippen LogP contribution in [0.5, 0.6) is 0 Å². The zero-order valence-electron chi connectivity index (χ0n) is 5.76. The second kappa shape index (κ2) is 45.0. The number of aliphatic hydroxyl groups is 3. The molecule has 0 saturated heterocycles. The van der Waals surface area contributed by atoms with Gasteiger partial charge in [-0.1, -0.05) is 0 Å². The molecule has 0 aliphatic heterocycles. The summed E-state index contributed by atoms with van der Waals surface area (Å²) in [6, 6.07) is 0. The van der Waals surface area contributed by atoms with Crippen LogP contribution in [0.1, 0.15) is 2.85 Å². The van der Waals surface area contributed by atoms with Crippen molar-refractivity contribution in [1.82, 2.24) is 0 Å². The summed E-state index contributed by atoms with van der Waals surface area (Å²) in [5, 5.41) is 21.2. The van der Waals surface area contributed by atoms with Crippen LogP contribution in [0.3, 0.4) is 0 Å². The van der Waals surface area contributed by atoms with Crippen LogP contribution in [0.2, 0.25) is 0 Å². The van der Waals surface area contributed by atoms with Crippen LogP contribution in [-0.2, 0) is 0 Å². The normalized spacial score (nSPS) is 4.00. The third-order valence-electron chi connectivity index (χ3n) is 0. The standard InChI is InChI=1S/CH4O2.CH4O.Mg.2H/c2-1-3;1-2;;;/h2-3H,1H2;2H,1H3;;;/q;;+2;2*-1. The second-order valence-electron chi connectivity index (χ2n) is 0.141. The van der Waals surface area contributed by atoms with Gasteiger partial charge in [-0.15, -0.1) is 0 Å².